The van der Waals surface area contributed by atoms with Crippen molar-refractivity contribution in [2.75, 3.05) is 0 Å². The smallest absolute Gasteiger partial charge is 0.0162 e. The molecule has 5 rings (SSSR count). The van der Waals surface area contributed by atoms with Crippen molar-refractivity contribution in [3.63, 3.8) is 0 Å². The lowest BCUT2D eigenvalue weighted by Crippen LogP contribution is -1.90. The molecule has 0 heterocycles. The molecule has 0 bridgehead atoms. The van der Waals surface area contributed by atoms with Crippen LogP contribution in [-0.2, 0) is 19.3 Å². The summed E-state index contributed by atoms with van der Waals surface area (Å²) in [7, 11) is 0. The second kappa shape index (κ2) is 14.9. The van der Waals surface area contributed by atoms with Gasteiger partial charge in [-0.15, -0.1) is 0 Å². The molecular weight excluding hydrogens is 396 g/mol. The summed E-state index contributed by atoms with van der Waals surface area (Å²) in [6.45, 7) is 12.6. The standard InChI is InChI=1S/C17H20.C12H16.2C2H6/c1-2-4-14(5-3-1)6-7-15-8-10-16(11-9-15)17-12-13-17;1-3-10-5-7-11-6-4-9(2)12(11)8-10;2*1-2/h2,4-5,8-11,17H,1,3,6-7,12-13H2;5,7-9H,3-4,6H2,1-2H3;2*1-2H3. The van der Waals surface area contributed by atoms with E-state index in [1.807, 2.05) is 27.7 Å². The summed E-state index contributed by atoms with van der Waals surface area (Å²) < 4.78 is 0. The van der Waals surface area contributed by atoms with Gasteiger partial charge in [0.25, 0.3) is 0 Å². The van der Waals surface area contributed by atoms with Crippen LogP contribution in [0.2, 0.25) is 0 Å². The van der Waals surface area contributed by atoms with E-state index in [1.54, 1.807) is 16.7 Å². The van der Waals surface area contributed by atoms with Crippen LogP contribution >= 0.6 is 0 Å². The molecule has 3 aliphatic carbocycles. The molecule has 0 aliphatic heterocycles. The molecule has 180 valence electrons. The first-order valence-electron chi connectivity index (χ1n) is 13.8. The van der Waals surface area contributed by atoms with Gasteiger partial charge in [0.1, 0.15) is 0 Å². The molecule has 0 radical (unpaired) electrons. The molecule has 0 nitrogen and oxygen atoms in total. The van der Waals surface area contributed by atoms with Gasteiger partial charge < -0.3 is 0 Å². The highest BCUT2D eigenvalue weighted by molar-refractivity contribution is 5.38. The van der Waals surface area contributed by atoms with Gasteiger partial charge in [0.15, 0.2) is 0 Å². The van der Waals surface area contributed by atoms with E-state index in [-0.39, 0.29) is 0 Å². The molecule has 1 fully saturated rings. The van der Waals surface area contributed by atoms with E-state index in [0.717, 1.165) is 11.8 Å². The van der Waals surface area contributed by atoms with Crippen molar-refractivity contribution in [2.24, 2.45) is 0 Å². The van der Waals surface area contributed by atoms with Crippen molar-refractivity contribution in [2.45, 2.75) is 111 Å². The molecular formula is C33H48. The summed E-state index contributed by atoms with van der Waals surface area (Å²) in [4.78, 5) is 0. The summed E-state index contributed by atoms with van der Waals surface area (Å²) in [5.74, 6) is 1.68. The molecule has 0 saturated heterocycles. The number of aryl methyl sites for hydroxylation is 3. The molecule has 2 aromatic rings. The zero-order valence-electron chi connectivity index (χ0n) is 22.3. The molecule has 0 spiro atoms. The number of allylic oxidation sites excluding steroid dienone is 4. The second-order valence-electron chi connectivity index (χ2n) is 9.10. The molecule has 1 unspecified atom stereocenters. The van der Waals surface area contributed by atoms with Crippen molar-refractivity contribution in [3.8, 4) is 0 Å². The van der Waals surface area contributed by atoms with Gasteiger partial charge in [-0.1, -0.05) is 108 Å². The van der Waals surface area contributed by atoms with E-state index in [1.165, 1.54) is 74.5 Å². The van der Waals surface area contributed by atoms with E-state index in [9.17, 15) is 0 Å². The molecule has 0 aromatic heterocycles. The average Bonchev–Trinajstić information content (AvgIpc) is 3.69. The Balaban J connectivity index is 0.000000212. The van der Waals surface area contributed by atoms with Gasteiger partial charge >= 0.3 is 0 Å². The van der Waals surface area contributed by atoms with Crippen LogP contribution in [0.4, 0.5) is 0 Å². The highest BCUT2D eigenvalue weighted by Crippen LogP contribution is 2.40. The third kappa shape index (κ3) is 8.65. The predicted molar refractivity (Wildman–Crippen MR) is 148 cm³/mol. The van der Waals surface area contributed by atoms with E-state index < -0.39 is 0 Å². The number of fused-ring (bicyclic) bond motifs is 1. The molecule has 3 aliphatic rings. The number of benzene rings is 2. The Morgan fingerprint density at radius 2 is 1.48 bits per heavy atom. The van der Waals surface area contributed by atoms with E-state index in [2.05, 4.69) is 74.5 Å². The van der Waals surface area contributed by atoms with Gasteiger partial charge in [-0.05, 0) is 97.4 Å². The normalized spacial score (nSPS) is 17.9. The molecule has 1 saturated carbocycles. The number of hydrogen-bond donors (Lipinski definition) is 0. The van der Waals surface area contributed by atoms with E-state index in [0.29, 0.717) is 0 Å². The lowest BCUT2D eigenvalue weighted by atomic mass is 9.99. The van der Waals surface area contributed by atoms with Gasteiger partial charge in [0, 0.05) is 0 Å². The quantitative estimate of drug-likeness (QED) is 0.430. The SMILES string of the molecule is C1=CC(CCc2ccc(C3CC3)cc2)=CCC1.CC.CC.CCc1ccc2c(c1)C(C)CC2. The maximum atomic E-state index is 2.40. The molecule has 2 aromatic carbocycles. The third-order valence-electron chi connectivity index (χ3n) is 6.80. The fourth-order valence-electron chi connectivity index (χ4n) is 4.59. The van der Waals surface area contributed by atoms with Gasteiger partial charge in [-0.3, -0.25) is 0 Å². The Hall–Kier alpha value is -2.08. The van der Waals surface area contributed by atoms with Crippen LogP contribution in [0, 0.1) is 0 Å². The Labute approximate surface area is 205 Å². The topological polar surface area (TPSA) is 0 Å². The molecule has 0 N–H and O–H groups in total. The average molecular weight is 445 g/mol. The Morgan fingerprint density at radius 3 is 2.09 bits per heavy atom. The predicted octanol–water partition coefficient (Wildman–Crippen LogP) is 10.1. The minimum absolute atomic E-state index is 0.798. The van der Waals surface area contributed by atoms with Crippen molar-refractivity contribution in [3.05, 3.63) is 94.1 Å². The molecule has 0 amide bonds. The summed E-state index contributed by atoms with van der Waals surface area (Å²) in [5.41, 5.74) is 9.22. The summed E-state index contributed by atoms with van der Waals surface area (Å²) >= 11 is 0. The van der Waals surface area contributed by atoms with E-state index >= 15 is 0 Å². The monoisotopic (exact) mass is 444 g/mol. The van der Waals surface area contributed by atoms with Crippen LogP contribution in [0.1, 0.15) is 120 Å². The number of hydrogen-bond acceptors (Lipinski definition) is 0. The lowest BCUT2D eigenvalue weighted by molar-refractivity contribution is 0.746. The Bertz CT molecular complexity index is 861. The minimum Gasteiger partial charge on any atom is -0.0840 e. The van der Waals surface area contributed by atoms with Gasteiger partial charge in [0.2, 0.25) is 0 Å². The van der Waals surface area contributed by atoms with Crippen molar-refractivity contribution in [1.29, 1.82) is 0 Å². The highest BCUT2D eigenvalue weighted by atomic mass is 14.3. The molecule has 0 heteroatoms. The molecule has 33 heavy (non-hydrogen) atoms. The van der Waals surface area contributed by atoms with Gasteiger partial charge in [-0.25, -0.2) is 0 Å². The van der Waals surface area contributed by atoms with Crippen molar-refractivity contribution < 1.29 is 0 Å². The van der Waals surface area contributed by atoms with Crippen LogP contribution in [0.5, 0.6) is 0 Å². The van der Waals surface area contributed by atoms with Gasteiger partial charge in [-0.2, -0.15) is 0 Å². The van der Waals surface area contributed by atoms with Crippen LogP contribution in [0.25, 0.3) is 0 Å². The summed E-state index contributed by atoms with van der Waals surface area (Å²) in [6.07, 6.45) is 18.4. The first-order chi connectivity index (χ1) is 16.2. The Kier molecular flexibility index (Phi) is 12.3. The second-order valence-corrected chi connectivity index (χ2v) is 9.10. The van der Waals surface area contributed by atoms with Crippen molar-refractivity contribution >= 4 is 0 Å². The minimum atomic E-state index is 0.798. The van der Waals surface area contributed by atoms with Crippen LogP contribution < -0.4 is 0 Å². The summed E-state index contributed by atoms with van der Waals surface area (Å²) in [5, 5.41) is 0. The van der Waals surface area contributed by atoms with Crippen molar-refractivity contribution in [1.82, 2.24) is 0 Å². The Morgan fingerprint density at radius 1 is 0.788 bits per heavy atom. The van der Waals surface area contributed by atoms with E-state index in [4.69, 9.17) is 0 Å². The largest absolute Gasteiger partial charge is 0.0840 e. The highest BCUT2D eigenvalue weighted by Gasteiger charge is 2.22. The zero-order valence-corrected chi connectivity index (χ0v) is 22.3. The van der Waals surface area contributed by atoms with Gasteiger partial charge in [0.05, 0.1) is 0 Å². The first kappa shape index (κ1) is 27.2. The first-order valence-corrected chi connectivity index (χ1v) is 13.8. The van der Waals surface area contributed by atoms with Crippen LogP contribution in [0.15, 0.2) is 66.3 Å². The molecule has 1 atom stereocenters. The van der Waals surface area contributed by atoms with Crippen LogP contribution in [0.3, 0.4) is 0 Å². The fourth-order valence-corrected chi connectivity index (χ4v) is 4.59. The summed E-state index contributed by atoms with van der Waals surface area (Å²) in [6, 6.07) is 16.3. The zero-order chi connectivity index (χ0) is 24.1. The lowest BCUT2D eigenvalue weighted by Gasteiger charge is -2.07. The van der Waals surface area contributed by atoms with Crippen LogP contribution in [-0.4, -0.2) is 0 Å². The maximum Gasteiger partial charge on any atom is -0.0162 e. The third-order valence-corrected chi connectivity index (χ3v) is 6.80. The maximum absolute atomic E-state index is 2.40. The number of rotatable bonds is 5. The fraction of sp³-hybridized carbons (Fsp3) is 0.515.